The van der Waals surface area contributed by atoms with Crippen molar-refractivity contribution in [1.29, 1.82) is 0 Å². The predicted octanol–water partition coefficient (Wildman–Crippen LogP) is 2.60. The minimum atomic E-state index is 0.108. The number of rotatable bonds is 1. The Bertz CT molecular complexity index is 244. The first kappa shape index (κ1) is 9.04. The minimum Gasteiger partial charge on any atom is -0.379 e. The summed E-state index contributed by atoms with van der Waals surface area (Å²) in [7, 11) is 0. The van der Waals surface area contributed by atoms with Crippen LogP contribution in [0.3, 0.4) is 0 Å². The fraction of sp³-hybridized carbons (Fsp3) is 0.500. The lowest BCUT2D eigenvalue weighted by atomic mass is 10.1. The minimum absolute atomic E-state index is 0.108. The fourth-order valence-electron chi connectivity index (χ4n) is 0.975. The van der Waals surface area contributed by atoms with E-state index >= 15 is 0 Å². The molecule has 1 aromatic rings. The number of pyridine rings is 1. The van der Waals surface area contributed by atoms with Gasteiger partial charge in [-0.25, -0.2) is 0 Å². The summed E-state index contributed by atoms with van der Waals surface area (Å²) in [6, 6.07) is 4.06. The van der Waals surface area contributed by atoms with Gasteiger partial charge in [-0.05, 0) is 39.8 Å². The highest BCUT2D eigenvalue weighted by molar-refractivity contribution is 5.42. The maximum atomic E-state index is 4.20. The zero-order valence-corrected chi connectivity index (χ0v) is 8.18. The van der Waals surface area contributed by atoms with Crippen LogP contribution in [0.1, 0.15) is 26.5 Å². The number of nitrogens with one attached hydrogen (secondary N) is 1. The lowest BCUT2D eigenvalue weighted by Gasteiger charge is -2.21. The van der Waals surface area contributed by atoms with Gasteiger partial charge in [-0.3, -0.25) is 4.98 Å². The summed E-state index contributed by atoms with van der Waals surface area (Å²) < 4.78 is 0. The van der Waals surface area contributed by atoms with Gasteiger partial charge in [0.25, 0.3) is 0 Å². The van der Waals surface area contributed by atoms with Gasteiger partial charge in [0.2, 0.25) is 0 Å². The van der Waals surface area contributed by atoms with Gasteiger partial charge in [-0.15, -0.1) is 0 Å². The Balaban J connectivity index is 2.71. The number of nitrogens with zero attached hydrogens (tertiary/aromatic N) is 1. The molecule has 1 aromatic heterocycles. The zero-order valence-electron chi connectivity index (χ0n) is 8.18. The number of hydrogen-bond donors (Lipinski definition) is 1. The van der Waals surface area contributed by atoms with Gasteiger partial charge >= 0.3 is 0 Å². The van der Waals surface area contributed by atoms with Gasteiger partial charge in [0, 0.05) is 11.2 Å². The van der Waals surface area contributed by atoms with Crippen molar-refractivity contribution in [3.05, 3.63) is 24.0 Å². The molecule has 0 atom stereocenters. The number of anilines is 1. The van der Waals surface area contributed by atoms with E-state index in [2.05, 4.69) is 31.1 Å². The summed E-state index contributed by atoms with van der Waals surface area (Å²) in [5, 5.41) is 3.35. The highest BCUT2D eigenvalue weighted by Gasteiger charge is 2.08. The molecular weight excluding hydrogens is 148 g/mol. The maximum absolute atomic E-state index is 4.20. The van der Waals surface area contributed by atoms with Crippen LogP contribution in [0.4, 0.5) is 5.69 Å². The molecule has 0 bridgehead atoms. The average molecular weight is 164 g/mol. The highest BCUT2D eigenvalue weighted by Crippen LogP contribution is 2.12. The molecule has 0 aliphatic heterocycles. The molecule has 0 spiro atoms. The van der Waals surface area contributed by atoms with Gasteiger partial charge in [-0.2, -0.15) is 0 Å². The van der Waals surface area contributed by atoms with E-state index in [0.717, 1.165) is 11.4 Å². The van der Waals surface area contributed by atoms with E-state index in [1.165, 1.54) is 0 Å². The zero-order chi connectivity index (χ0) is 9.19. The molecule has 0 aliphatic rings. The largest absolute Gasteiger partial charge is 0.379 e. The molecule has 0 aliphatic carbocycles. The summed E-state index contributed by atoms with van der Waals surface area (Å²) in [4.78, 5) is 4.20. The van der Waals surface area contributed by atoms with Crippen LogP contribution < -0.4 is 5.32 Å². The Morgan fingerprint density at radius 2 is 1.92 bits per heavy atom. The first-order valence-electron chi connectivity index (χ1n) is 4.18. The quantitative estimate of drug-likeness (QED) is 0.690. The van der Waals surface area contributed by atoms with Crippen molar-refractivity contribution < 1.29 is 0 Å². The second-order valence-electron chi connectivity index (χ2n) is 4.06. The molecule has 1 heterocycles. The standard InChI is InChI=1S/C10H16N2/c1-8-5-6-9(7-11-8)12-10(2,3)4/h5-7,12H,1-4H3. The summed E-state index contributed by atoms with van der Waals surface area (Å²) in [6.07, 6.45) is 1.86. The van der Waals surface area contributed by atoms with Crippen molar-refractivity contribution in [3.8, 4) is 0 Å². The van der Waals surface area contributed by atoms with Crippen molar-refractivity contribution >= 4 is 5.69 Å². The Morgan fingerprint density at radius 3 is 2.33 bits per heavy atom. The van der Waals surface area contributed by atoms with E-state index in [9.17, 15) is 0 Å². The smallest absolute Gasteiger partial charge is 0.0530 e. The monoisotopic (exact) mass is 164 g/mol. The predicted molar refractivity (Wildman–Crippen MR) is 52.3 cm³/mol. The van der Waals surface area contributed by atoms with Crippen molar-refractivity contribution in [2.75, 3.05) is 5.32 Å². The third-order valence-electron chi connectivity index (χ3n) is 1.43. The van der Waals surface area contributed by atoms with E-state index in [4.69, 9.17) is 0 Å². The summed E-state index contributed by atoms with van der Waals surface area (Å²) in [5.74, 6) is 0. The first-order valence-corrected chi connectivity index (χ1v) is 4.18. The number of hydrogen-bond acceptors (Lipinski definition) is 2. The van der Waals surface area contributed by atoms with Gasteiger partial charge in [0.1, 0.15) is 0 Å². The third-order valence-corrected chi connectivity index (χ3v) is 1.43. The SMILES string of the molecule is Cc1ccc(NC(C)(C)C)cn1. The molecular formula is C10H16N2. The van der Waals surface area contributed by atoms with E-state index in [0.29, 0.717) is 0 Å². The lowest BCUT2D eigenvalue weighted by molar-refractivity contribution is 0.633. The number of aromatic nitrogens is 1. The molecule has 0 unspecified atom stereocenters. The molecule has 12 heavy (non-hydrogen) atoms. The molecule has 0 fully saturated rings. The normalized spacial score (nSPS) is 11.3. The Kier molecular flexibility index (Phi) is 2.36. The van der Waals surface area contributed by atoms with Gasteiger partial charge in [-0.1, -0.05) is 0 Å². The van der Waals surface area contributed by atoms with Crippen LogP contribution in [0, 0.1) is 6.92 Å². The molecule has 1 N–H and O–H groups in total. The van der Waals surface area contributed by atoms with Crippen LogP contribution in [0.25, 0.3) is 0 Å². The molecule has 66 valence electrons. The molecule has 0 saturated heterocycles. The van der Waals surface area contributed by atoms with Crippen LogP contribution in [0.2, 0.25) is 0 Å². The van der Waals surface area contributed by atoms with Crippen LogP contribution in [-0.4, -0.2) is 10.5 Å². The summed E-state index contributed by atoms with van der Waals surface area (Å²) in [6.45, 7) is 8.38. The van der Waals surface area contributed by atoms with Crippen molar-refractivity contribution in [2.45, 2.75) is 33.2 Å². The molecule has 1 rings (SSSR count). The Morgan fingerprint density at radius 1 is 1.25 bits per heavy atom. The maximum Gasteiger partial charge on any atom is 0.0530 e. The Hall–Kier alpha value is -1.05. The average Bonchev–Trinajstić information content (AvgIpc) is 1.91. The van der Waals surface area contributed by atoms with Crippen molar-refractivity contribution in [3.63, 3.8) is 0 Å². The van der Waals surface area contributed by atoms with Gasteiger partial charge in [0.15, 0.2) is 0 Å². The Labute approximate surface area is 74.0 Å². The molecule has 0 radical (unpaired) electrons. The molecule has 0 saturated carbocycles. The van der Waals surface area contributed by atoms with E-state index in [1.54, 1.807) is 0 Å². The van der Waals surface area contributed by atoms with Gasteiger partial charge < -0.3 is 5.32 Å². The summed E-state index contributed by atoms with van der Waals surface area (Å²) >= 11 is 0. The van der Waals surface area contributed by atoms with Crippen molar-refractivity contribution in [1.82, 2.24) is 4.98 Å². The first-order chi connectivity index (χ1) is 5.47. The second kappa shape index (κ2) is 3.13. The lowest BCUT2D eigenvalue weighted by Crippen LogP contribution is -2.26. The molecule has 0 amide bonds. The highest BCUT2D eigenvalue weighted by atomic mass is 15.0. The third kappa shape index (κ3) is 2.91. The van der Waals surface area contributed by atoms with E-state index < -0.39 is 0 Å². The van der Waals surface area contributed by atoms with Crippen molar-refractivity contribution in [2.24, 2.45) is 0 Å². The summed E-state index contributed by atoms with van der Waals surface area (Å²) in [5.41, 5.74) is 2.24. The van der Waals surface area contributed by atoms with Gasteiger partial charge in [0.05, 0.1) is 11.9 Å². The van der Waals surface area contributed by atoms with Crippen LogP contribution in [0.5, 0.6) is 0 Å². The topological polar surface area (TPSA) is 24.9 Å². The molecule has 2 nitrogen and oxygen atoms in total. The van der Waals surface area contributed by atoms with E-state index in [-0.39, 0.29) is 5.54 Å². The molecule has 0 aromatic carbocycles. The van der Waals surface area contributed by atoms with E-state index in [1.807, 2.05) is 25.3 Å². The fourth-order valence-corrected chi connectivity index (χ4v) is 0.975. The second-order valence-corrected chi connectivity index (χ2v) is 4.06. The van der Waals surface area contributed by atoms with Crippen LogP contribution in [0.15, 0.2) is 18.3 Å². The van der Waals surface area contributed by atoms with Crippen LogP contribution >= 0.6 is 0 Å². The molecule has 2 heteroatoms. The van der Waals surface area contributed by atoms with Crippen LogP contribution in [-0.2, 0) is 0 Å². The number of aryl methyl sites for hydroxylation is 1.